The van der Waals surface area contributed by atoms with E-state index in [1.807, 2.05) is 13.8 Å². The van der Waals surface area contributed by atoms with Crippen LogP contribution in [0.5, 0.6) is 0 Å². The van der Waals surface area contributed by atoms with Gasteiger partial charge in [-0.2, -0.15) is 0 Å². The Morgan fingerprint density at radius 1 is 1.57 bits per heavy atom. The van der Waals surface area contributed by atoms with Crippen molar-refractivity contribution in [3.05, 3.63) is 16.1 Å². The van der Waals surface area contributed by atoms with E-state index in [4.69, 9.17) is 0 Å². The van der Waals surface area contributed by atoms with Gasteiger partial charge < -0.3 is 4.98 Å². The maximum absolute atomic E-state index is 3.91. The SMILES string of the molecule is Cc1n[c-]sc1C. The molecule has 0 bridgehead atoms. The molecule has 0 radical (unpaired) electrons. The molecule has 1 heterocycles. The Morgan fingerprint density at radius 2 is 2.29 bits per heavy atom. The Morgan fingerprint density at radius 3 is 2.43 bits per heavy atom. The normalized spacial score (nSPS) is 9.43. The van der Waals surface area contributed by atoms with Crippen LogP contribution in [0.25, 0.3) is 0 Å². The molecule has 1 nitrogen and oxygen atoms in total. The summed E-state index contributed by atoms with van der Waals surface area (Å²) in [6.07, 6.45) is 0. The molecule has 0 spiro atoms. The van der Waals surface area contributed by atoms with Gasteiger partial charge in [0.05, 0.1) is 0 Å². The highest BCUT2D eigenvalue weighted by Crippen LogP contribution is 2.07. The fourth-order valence-electron chi connectivity index (χ4n) is 0.312. The lowest BCUT2D eigenvalue weighted by Crippen LogP contribution is -1.68. The van der Waals surface area contributed by atoms with E-state index in [1.54, 1.807) is 11.3 Å². The van der Waals surface area contributed by atoms with E-state index in [2.05, 4.69) is 10.5 Å². The minimum atomic E-state index is 1.10. The summed E-state index contributed by atoms with van der Waals surface area (Å²) in [5, 5.41) is 0. The summed E-state index contributed by atoms with van der Waals surface area (Å²) in [6.45, 7) is 4.03. The summed E-state index contributed by atoms with van der Waals surface area (Å²) in [6, 6.07) is 0. The molecule has 0 fully saturated rings. The van der Waals surface area contributed by atoms with Gasteiger partial charge in [0, 0.05) is 0 Å². The monoisotopic (exact) mass is 112 g/mol. The van der Waals surface area contributed by atoms with Crippen molar-refractivity contribution < 1.29 is 0 Å². The molecule has 0 saturated heterocycles. The van der Waals surface area contributed by atoms with Crippen LogP contribution < -0.4 is 0 Å². The molecule has 0 aliphatic rings. The van der Waals surface area contributed by atoms with Gasteiger partial charge >= 0.3 is 0 Å². The van der Waals surface area contributed by atoms with Crippen LogP contribution in [-0.2, 0) is 0 Å². The third-order valence-corrected chi connectivity index (χ3v) is 1.71. The number of rotatable bonds is 0. The van der Waals surface area contributed by atoms with Crippen LogP contribution >= 0.6 is 11.3 Å². The summed E-state index contributed by atoms with van der Waals surface area (Å²) >= 11 is 1.57. The second-order valence-corrected chi connectivity index (χ2v) is 2.45. The lowest BCUT2D eigenvalue weighted by atomic mass is 10.4. The summed E-state index contributed by atoms with van der Waals surface area (Å²) in [7, 11) is 0. The van der Waals surface area contributed by atoms with Crippen LogP contribution in [-0.4, -0.2) is 4.98 Å². The molecule has 0 aliphatic carbocycles. The molecule has 1 aromatic rings. The van der Waals surface area contributed by atoms with Crippen LogP contribution in [0.2, 0.25) is 0 Å². The quantitative estimate of drug-likeness (QED) is 0.464. The van der Waals surface area contributed by atoms with Gasteiger partial charge in [-0.05, 0) is 5.51 Å². The Balaban J connectivity index is 3.12. The van der Waals surface area contributed by atoms with Gasteiger partial charge in [-0.15, -0.1) is 10.6 Å². The maximum atomic E-state index is 3.91. The first-order valence-electron chi connectivity index (χ1n) is 2.11. The Labute approximate surface area is 47.0 Å². The van der Waals surface area contributed by atoms with Crippen molar-refractivity contribution in [1.82, 2.24) is 4.98 Å². The number of thiazole rings is 1. The number of hydrogen-bond acceptors (Lipinski definition) is 2. The van der Waals surface area contributed by atoms with Gasteiger partial charge in [0.1, 0.15) is 0 Å². The van der Waals surface area contributed by atoms with E-state index in [-0.39, 0.29) is 0 Å². The highest BCUT2D eigenvalue weighted by atomic mass is 32.1. The third kappa shape index (κ3) is 0.800. The van der Waals surface area contributed by atoms with Crippen LogP contribution in [0.3, 0.4) is 0 Å². The first kappa shape index (κ1) is 4.78. The smallest absolute Gasteiger partial charge is 0.0215 e. The van der Waals surface area contributed by atoms with Crippen molar-refractivity contribution in [1.29, 1.82) is 0 Å². The van der Waals surface area contributed by atoms with E-state index >= 15 is 0 Å². The zero-order valence-electron chi connectivity index (χ0n) is 4.36. The van der Waals surface area contributed by atoms with Gasteiger partial charge in [0.2, 0.25) is 0 Å². The molecule has 1 aromatic heterocycles. The molecule has 0 aliphatic heterocycles. The lowest BCUT2D eigenvalue weighted by Gasteiger charge is -1.91. The summed E-state index contributed by atoms with van der Waals surface area (Å²) in [5.74, 6) is 0. The molecule has 2 heteroatoms. The highest BCUT2D eigenvalue weighted by Gasteiger charge is 1.75. The predicted octanol–water partition coefficient (Wildman–Crippen LogP) is 1.56. The van der Waals surface area contributed by atoms with E-state index in [9.17, 15) is 0 Å². The molecule has 1 rings (SSSR count). The van der Waals surface area contributed by atoms with E-state index < -0.39 is 0 Å². The van der Waals surface area contributed by atoms with Crippen molar-refractivity contribution >= 4 is 11.3 Å². The number of aromatic nitrogens is 1. The zero-order valence-corrected chi connectivity index (χ0v) is 5.17. The van der Waals surface area contributed by atoms with Crippen LogP contribution in [0.4, 0.5) is 0 Å². The van der Waals surface area contributed by atoms with E-state index in [0.717, 1.165) is 5.69 Å². The minimum absolute atomic E-state index is 1.10. The topological polar surface area (TPSA) is 12.9 Å². The molecule has 0 amide bonds. The Kier molecular flexibility index (Phi) is 1.11. The first-order valence-corrected chi connectivity index (χ1v) is 2.92. The highest BCUT2D eigenvalue weighted by molar-refractivity contribution is 7.09. The summed E-state index contributed by atoms with van der Waals surface area (Å²) < 4.78 is 0. The van der Waals surface area contributed by atoms with Crippen molar-refractivity contribution in [3.63, 3.8) is 0 Å². The minimum Gasteiger partial charge on any atom is -0.391 e. The van der Waals surface area contributed by atoms with E-state index in [1.165, 1.54) is 4.88 Å². The average Bonchev–Trinajstić information content (AvgIpc) is 1.91. The van der Waals surface area contributed by atoms with Crippen LogP contribution in [0.1, 0.15) is 10.6 Å². The largest absolute Gasteiger partial charge is 0.391 e. The van der Waals surface area contributed by atoms with Crippen LogP contribution in [0, 0.1) is 19.4 Å². The van der Waals surface area contributed by atoms with Crippen molar-refractivity contribution in [2.45, 2.75) is 13.8 Å². The fourth-order valence-corrected chi connectivity index (χ4v) is 0.825. The summed E-state index contributed by atoms with van der Waals surface area (Å²) in [4.78, 5) is 5.17. The zero-order chi connectivity index (χ0) is 5.28. The van der Waals surface area contributed by atoms with Gasteiger partial charge in [-0.25, -0.2) is 0 Å². The van der Waals surface area contributed by atoms with Crippen molar-refractivity contribution in [3.8, 4) is 0 Å². The fraction of sp³-hybridized carbons (Fsp3) is 0.400. The van der Waals surface area contributed by atoms with Gasteiger partial charge in [-0.1, -0.05) is 13.8 Å². The van der Waals surface area contributed by atoms with Crippen LogP contribution in [0.15, 0.2) is 0 Å². The molecular weight excluding hydrogens is 106 g/mol. The lowest BCUT2D eigenvalue weighted by molar-refractivity contribution is 1.22. The van der Waals surface area contributed by atoms with Gasteiger partial charge in [0.15, 0.2) is 0 Å². The molecule has 0 unspecified atom stereocenters. The number of hydrogen-bond donors (Lipinski definition) is 0. The standard InChI is InChI=1S/C5H6NS/c1-4-5(2)7-3-6-4/h1-2H3/q-1. The second kappa shape index (κ2) is 1.62. The maximum Gasteiger partial charge on any atom is -0.0215 e. The molecule has 38 valence electrons. The van der Waals surface area contributed by atoms with Gasteiger partial charge in [0.25, 0.3) is 0 Å². The van der Waals surface area contributed by atoms with E-state index in [0.29, 0.717) is 0 Å². The molecule has 0 aromatic carbocycles. The van der Waals surface area contributed by atoms with Crippen molar-refractivity contribution in [2.24, 2.45) is 0 Å². The number of nitrogens with zero attached hydrogens (tertiary/aromatic N) is 1. The second-order valence-electron chi connectivity index (χ2n) is 1.45. The number of aryl methyl sites for hydroxylation is 2. The average molecular weight is 112 g/mol. The molecule has 0 N–H and O–H groups in total. The predicted molar refractivity (Wildman–Crippen MR) is 30.4 cm³/mol. The molecular formula is C5H6NS-. The summed E-state index contributed by atoms with van der Waals surface area (Å²) in [5.41, 5.74) is 3.89. The van der Waals surface area contributed by atoms with Gasteiger partial charge in [-0.3, -0.25) is 11.3 Å². The Bertz CT molecular complexity index is 140. The molecule has 7 heavy (non-hydrogen) atoms. The molecule has 0 saturated carbocycles. The molecule has 0 atom stereocenters. The Hall–Kier alpha value is -0.370. The first-order chi connectivity index (χ1) is 3.30. The third-order valence-electron chi connectivity index (χ3n) is 0.922. The van der Waals surface area contributed by atoms with Crippen molar-refractivity contribution in [2.75, 3.05) is 0 Å².